The number of carboxylic acid groups (broad SMARTS) is 2. The summed E-state index contributed by atoms with van der Waals surface area (Å²) in [5.41, 5.74) is 0. The molecule has 5 aliphatic heterocycles. The molecular weight excluding hydrogens is 856 g/mol. The molecule has 19 nitrogen and oxygen atoms in total. The predicted octanol–water partition coefficient (Wildman–Crippen LogP) is 4.30. The van der Waals surface area contributed by atoms with Crippen molar-refractivity contribution in [1.82, 2.24) is 0 Å². The maximum atomic E-state index is 11.1. The highest BCUT2D eigenvalue weighted by Gasteiger charge is 2.42. The molecule has 0 spiro atoms. The molecule has 19 heteroatoms. The van der Waals surface area contributed by atoms with E-state index in [1.165, 1.54) is 0 Å². The van der Waals surface area contributed by atoms with Gasteiger partial charge in [0.05, 0.1) is 114 Å². The minimum atomic E-state index is -0.897. The van der Waals surface area contributed by atoms with Crippen LogP contribution in [0.1, 0.15) is 144 Å². The molecule has 0 radical (unpaired) electrons. The summed E-state index contributed by atoms with van der Waals surface area (Å²) in [5, 5.41) is 46.8. The number of carboxylic acids is 2. The smallest absolute Gasteiger partial charge is 0.303 e. The molecule has 16 unspecified atom stereocenters. The molecule has 5 rings (SSSR count). The molecule has 0 aromatic carbocycles. The summed E-state index contributed by atoms with van der Waals surface area (Å²) in [6.45, 7) is 14.6. The first-order valence-corrected chi connectivity index (χ1v) is 23.1. The summed E-state index contributed by atoms with van der Waals surface area (Å²) in [5.74, 6) is -4.18. The van der Waals surface area contributed by atoms with Gasteiger partial charge in [0.15, 0.2) is 17.4 Å². The number of hydrogen-bond donors (Lipinski definition) is 5. The number of aliphatic hydroxyl groups excluding tert-OH is 3. The van der Waals surface area contributed by atoms with Crippen LogP contribution in [0.4, 0.5) is 0 Å². The van der Waals surface area contributed by atoms with E-state index in [1.54, 1.807) is 20.8 Å². The number of carbonyl (C=O) groups excluding carboxylic acids is 1. The summed E-state index contributed by atoms with van der Waals surface area (Å²) in [6, 6.07) is 0. The van der Waals surface area contributed by atoms with Crippen LogP contribution in [-0.4, -0.2) is 180 Å². The lowest BCUT2D eigenvalue weighted by Crippen LogP contribution is -2.32. The van der Waals surface area contributed by atoms with Gasteiger partial charge in [-0.1, -0.05) is 20.8 Å². The van der Waals surface area contributed by atoms with Crippen LogP contribution < -0.4 is 0 Å². The molecule has 5 N–H and O–H groups in total. The van der Waals surface area contributed by atoms with E-state index in [4.69, 9.17) is 66.4 Å². The van der Waals surface area contributed by atoms with Gasteiger partial charge in [0.1, 0.15) is 24.1 Å². The van der Waals surface area contributed by atoms with Crippen LogP contribution in [-0.2, 0) is 66.5 Å². The maximum Gasteiger partial charge on any atom is 0.303 e. The Morgan fingerprint density at radius 1 is 0.692 bits per heavy atom. The highest BCUT2D eigenvalue weighted by molar-refractivity contribution is 5.75. The zero-order valence-corrected chi connectivity index (χ0v) is 39.6. The lowest BCUT2D eigenvalue weighted by atomic mass is 10.1. The van der Waals surface area contributed by atoms with Gasteiger partial charge < -0.3 is 82.4 Å². The van der Waals surface area contributed by atoms with Crippen LogP contribution in [0.2, 0.25) is 0 Å². The van der Waals surface area contributed by atoms with Crippen molar-refractivity contribution < 1.29 is 96.1 Å². The molecule has 0 aromatic rings. The van der Waals surface area contributed by atoms with E-state index < -0.39 is 53.7 Å². The van der Waals surface area contributed by atoms with E-state index in [2.05, 4.69) is 0 Å². The Kier molecular flexibility index (Phi) is 22.0. The topological polar surface area (TPSA) is 254 Å². The Morgan fingerprint density at radius 2 is 1.20 bits per heavy atom. The highest BCUT2D eigenvalue weighted by atomic mass is 16.8. The highest BCUT2D eigenvalue weighted by Crippen LogP contribution is 2.33. The second kappa shape index (κ2) is 27.3. The van der Waals surface area contributed by atoms with Crippen LogP contribution in [0.25, 0.3) is 0 Å². The predicted molar refractivity (Wildman–Crippen MR) is 233 cm³/mol. The van der Waals surface area contributed by atoms with Gasteiger partial charge in [-0.25, -0.2) is 0 Å². The van der Waals surface area contributed by atoms with Crippen molar-refractivity contribution in [3.05, 3.63) is 0 Å². The standard InChI is InChI=1S/C17H30O6.C16H28O7.C13H24O6/c1-5-15-14(19)8-16(22-15)12(3)20-9-13-10-21-17(4,23-13)7-6-11(2)18;1-4-12-14(7-13(22-12)10(2)17)20-8-11-9-21-16(3,23-11)6-5-15(18)19;1-4-11(14)9(2)17-7-10-8-18-13(3,19-10)6-5-12(15)16/h12-16,19H,5-10H2,1-4H3;10-14,17H,4-9H2,1-3H3,(H,18,19);9-11,14H,4-8H2,1-3H3,(H,15,16)/i3D;2*2D. The molecule has 0 aromatic heterocycles. The van der Waals surface area contributed by atoms with Crippen molar-refractivity contribution in [2.45, 2.75) is 237 Å². The molecule has 0 bridgehead atoms. The van der Waals surface area contributed by atoms with Crippen LogP contribution in [0.5, 0.6) is 0 Å². The van der Waals surface area contributed by atoms with Gasteiger partial charge in [0.25, 0.3) is 0 Å². The van der Waals surface area contributed by atoms with Crippen molar-refractivity contribution in [2.75, 3.05) is 39.6 Å². The third-order valence-corrected chi connectivity index (χ3v) is 12.0. The van der Waals surface area contributed by atoms with E-state index >= 15 is 0 Å². The number of hydrogen-bond acceptors (Lipinski definition) is 17. The number of aliphatic carboxylic acids is 2. The average Bonchev–Trinajstić information content (AvgIpc) is 4.16. The van der Waals surface area contributed by atoms with Crippen molar-refractivity contribution in [2.24, 2.45) is 0 Å². The van der Waals surface area contributed by atoms with Crippen LogP contribution in [0.15, 0.2) is 0 Å². The largest absolute Gasteiger partial charge is 0.481 e. The van der Waals surface area contributed by atoms with E-state index in [9.17, 15) is 29.7 Å². The summed E-state index contributed by atoms with van der Waals surface area (Å²) in [4.78, 5) is 32.3. The number of ketones is 1. The first-order chi connectivity index (χ1) is 32.1. The number of aliphatic hydroxyl groups is 3. The summed E-state index contributed by atoms with van der Waals surface area (Å²) in [6.07, 6.45) is -0.0682. The SMILES string of the molecule is [2H]CC(O)C1CC(OCC2COC(C)(CCC(=O)O)O2)C(CC)O1.[2H]CC(OCC1COC(C)(CCC(=O)O)O1)C(O)CC.[2H]CC(OCC1COC(C)(CCC(C)=O)O1)C1CC(O)C(CC)O1. The van der Waals surface area contributed by atoms with E-state index in [-0.39, 0.29) is 107 Å². The lowest BCUT2D eigenvalue weighted by Gasteiger charge is -2.24. The lowest BCUT2D eigenvalue weighted by molar-refractivity contribution is -0.173. The van der Waals surface area contributed by atoms with Gasteiger partial charge in [-0.2, -0.15) is 0 Å². The van der Waals surface area contributed by atoms with E-state index in [1.807, 2.05) is 27.7 Å². The minimum absolute atomic E-state index is 0.00879. The summed E-state index contributed by atoms with van der Waals surface area (Å²) < 4.78 is 85.1. The quantitative estimate of drug-likeness (QED) is 0.0905. The van der Waals surface area contributed by atoms with Crippen LogP contribution in [0.3, 0.4) is 0 Å². The van der Waals surface area contributed by atoms with E-state index in [0.717, 1.165) is 12.8 Å². The first kappa shape index (κ1) is 52.4. The molecule has 0 saturated carbocycles. The second-order valence-electron chi connectivity index (χ2n) is 18.0. The fraction of sp³-hybridized carbons (Fsp3) is 0.935. The number of Topliss-reactive ketones (excluding diaryl/α,β-unsaturated/α-hetero) is 1. The van der Waals surface area contributed by atoms with Gasteiger partial charge in [0.2, 0.25) is 0 Å². The molecule has 5 heterocycles. The molecular formula is C46H82O19. The number of carbonyl (C=O) groups is 3. The normalized spacial score (nSPS) is 36.9. The molecule has 16 atom stereocenters. The molecule has 0 amide bonds. The Labute approximate surface area is 389 Å². The van der Waals surface area contributed by atoms with Crippen molar-refractivity contribution in [3.63, 3.8) is 0 Å². The average molecular weight is 942 g/mol. The van der Waals surface area contributed by atoms with Gasteiger partial charge >= 0.3 is 11.9 Å². The fourth-order valence-corrected chi connectivity index (χ4v) is 7.85. The third kappa shape index (κ3) is 19.9. The van der Waals surface area contributed by atoms with Gasteiger partial charge in [0, 0.05) is 42.6 Å². The third-order valence-electron chi connectivity index (χ3n) is 12.0. The van der Waals surface area contributed by atoms with Gasteiger partial charge in [-0.15, -0.1) is 0 Å². The van der Waals surface area contributed by atoms with E-state index in [0.29, 0.717) is 71.6 Å². The summed E-state index contributed by atoms with van der Waals surface area (Å²) >= 11 is 0. The Hall–Kier alpha value is -1.95. The fourth-order valence-electron chi connectivity index (χ4n) is 7.85. The van der Waals surface area contributed by atoms with Crippen LogP contribution >= 0.6 is 0 Å². The van der Waals surface area contributed by atoms with Crippen molar-refractivity contribution in [3.8, 4) is 0 Å². The Bertz CT molecular complexity index is 1440. The monoisotopic (exact) mass is 942 g/mol. The molecule has 65 heavy (non-hydrogen) atoms. The molecule has 380 valence electrons. The van der Waals surface area contributed by atoms with Gasteiger partial charge in [-0.05, 0) is 67.7 Å². The van der Waals surface area contributed by atoms with Crippen molar-refractivity contribution in [1.29, 1.82) is 0 Å². The Morgan fingerprint density at radius 3 is 1.65 bits per heavy atom. The first-order valence-electron chi connectivity index (χ1n) is 25.2. The maximum absolute atomic E-state index is 11.1. The molecule has 5 aliphatic rings. The molecule has 5 saturated heterocycles. The number of ether oxygens (including phenoxy) is 11. The molecule has 0 aliphatic carbocycles. The zero-order chi connectivity index (χ0) is 50.7. The number of rotatable bonds is 24. The Balaban J connectivity index is 0.000000272. The summed E-state index contributed by atoms with van der Waals surface area (Å²) in [7, 11) is 0. The van der Waals surface area contributed by atoms with Crippen LogP contribution in [0, 0.1) is 0 Å². The zero-order valence-electron chi connectivity index (χ0n) is 42.6. The van der Waals surface area contributed by atoms with Gasteiger partial charge in [-0.3, -0.25) is 9.59 Å². The molecule has 5 fully saturated rings. The second-order valence-corrected chi connectivity index (χ2v) is 18.0. The minimum Gasteiger partial charge on any atom is -0.481 e. The van der Waals surface area contributed by atoms with Crippen molar-refractivity contribution >= 4 is 17.7 Å².